The second-order valence-corrected chi connectivity index (χ2v) is 9.98. The van der Waals surface area contributed by atoms with Gasteiger partial charge in [0, 0.05) is 24.2 Å². The van der Waals surface area contributed by atoms with Gasteiger partial charge in [-0.15, -0.1) is 0 Å². The Morgan fingerprint density at radius 1 is 1.02 bits per heavy atom. The number of carbonyl (C=O) groups excluding carboxylic acids is 3. The molecule has 11 heteroatoms. The summed E-state index contributed by atoms with van der Waals surface area (Å²) in [6.07, 6.45) is 1.96. The number of methoxy groups -OCH3 is 1. The highest BCUT2D eigenvalue weighted by Gasteiger charge is 2.34. The molecule has 10 nitrogen and oxygen atoms in total. The molecule has 1 amide bonds. The van der Waals surface area contributed by atoms with Gasteiger partial charge in [-0.25, -0.2) is 9.78 Å². The van der Waals surface area contributed by atoms with Gasteiger partial charge >= 0.3 is 11.9 Å². The summed E-state index contributed by atoms with van der Waals surface area (Å²) in [5.74, 6) is -1.27. The fraction of sp³-hybridized carbons (Fsp3) is 0.517. The lowest BCUT2D eigenvalue weighted by Crippen LogP contribution is -2.48. The van der Waals surface area contributed by atoms with Crippen molar-refractivity contribution in [3.63, 3.8) is 0 Å². The van der Waals surface area contributed by atoms with E-state index in [1.54, 1.807) is 45.0 Å². The van der Waals surface area contributed by atoms with Crippen LogP contribution in [-0.2, 0) is 19.1 Å². The van der Waals surface area contributed by atoms with Gasteiger partial charge in [0.05, 0.1) is 7.11 Å². The minimum atomic E-state index is -0.998. The summed E-state index contributed by atoms with van der Waals surface area (Å²) in [5.41, 5.74) is -0.140. The molecule has 0 aliphatic heterocycles. The maximum absolute atomic E-state index is 13.4. The van der Waals surface area contributed by atoms with Gasteiger partial charge in [0.1, 0.15) is 24.0 Å². The molecule has 0 bridgehead atoms. The van der Waals surface area contributed by atoms with Crippen molar-refractivity contribution in [2.24, 2.45) is 11.8 Å². The van der Waals surface area contributed by atoms with Crippen LogP contribution in [0.25, 0.3) is 0 Å². The van der Waals surface area contributed by atoms with E-state index in [4.69, 9.17) is 35.3 Å². The number of carbonyl (C=O) groups is 3. The third kappa shape index (κ3) is 9.29. The maximum Gasteiger partial charge on any atom is 0.329 e. The minimum Gasteiger partial charge on any atom is -0.493 e. The van der Waals surface area contributed by atoms with E-state index in [-0.39, 0.29) is 29.0 Å². The monoisotopic (exact) mass is 578 g/mol. The van der Waals surface area contributed by atoms with Gasteiger partial charge in [0.2, 0.25) is 6.79 Å². The molecule has 0 fully saturated rings. The number of amides is 1. The van der Waals surface area contributed by atoms with Crippen LogP contribution < -0.4 is 19.5 Å². The molecule has 1 aromatic carbocycles. The van der Waals surface area contributed by atoms with Gasteiger partial charge in [-0.05, 0) is 55.9 Å². The van der Waals surface area contributed by atoms with Crippen molar-refractivity contribution in [3.05, 3.63) is 47.2 Å². The predicted molar refractivity (Wildman–Crippen MR) is 150 cm³/mol. The van der Waals surface area contributed by atoms with E-state index in [0.29, 0.717) is 10.8 Å². The first-order chi connectivity index (χ1) is 19.0. The number of rotatable bonds is 15. The first-order valence-corrected chi connectivity index (χ1v) is 13.6. The summed E-state index contributed by atoms with van der Waals surface area (Å²) in [6.45, 7) is 10.2. The molecule has 220 valence electrons. The Bertz CT molecular complexity index is 1120. The van der Waals surface area contributed by atoms with Crippen LogP contribution in [0.15, 0.2) is 36.5 Å². The molecule has 0 unspecified atom stereocenters. The molecule has 1 aromatic heterocycles. The van der Waals surface area contributed by atoms with E-state index < -0.39 is 42.9 Å². The van der Waals surface area contributed by atoms with Crippen LogP contribution >= 0.6 is 11.6 Å². The molecule has 2 rings (SSSR count). The van der Waals surface area contributed by atoms with E-state index in [1.807, 2.05) is 0 Å². The van der Waals surface area contributed by atoms with E-state index in [9.17, 15) is 14.4 Å². The lowest BCUT2D eigenvalue weighted by atomic mass is 9.93. The van der Waals surface area contributed by atoms with Crippen molar-refractivity contribution in [3.8, 4) is 17.2 Å². The predicted octanol–water partition coefficient (Wildman–Crippen LogP) is 5.21. The summed E-state index contributed by atoms with van der Waals surface area (Å²) >= 11 is 6.01. The largest absolute Gasteiger partial charge is 0.493 e. The zero-order valence-corrected chi connectivity index (χ0v) is 24.8. The summed E-state index contributed by atoms with van der Waals surface area (Å²) in [6, 6.07) is 7.51. The van der Waals surface area contributed by atoms with Crippen molar-refractivity contribution in [2.45, 2.75) is 72.6 Å². The van der Waals surface area contributed by atoms with Crippen molar-refractivity contribution < 1.29 is 38.1 Å². The highest BCUT2D eigenvalue weighted by molar-refractivity contribution is 6.30. The van der Waals surface area contributed by atoms with E-state index in [0.717, 1.165) is 12.8 Å². The van der Waals surface area contributed by atoms with Crippen LogP contribution in [-0.4, -0.2) is 55.0 Å². The zero-order chi connectivity index (χ0) is 29.8. The number of nitrogens with one attached hydrogen (secondary N) is 1. The molecule has 1 N–H and O–H groups in total. The molecule has 40 heavy (non-hydrogen) atoms. The van der Waals surface area contributed by atoms with Crippen molar-refractivity contribution in [1.29, 1.82) is 0 Å². The zero-order valence-electron chi connectivity index (χ0n) is 24.1. The third-order valence-electron chi connectivity index (χ3n) is 6.34. The number of pyridine rings is 1. The fourth-order valence-corrected chi connectivity index (χ4v) is 4.22. The smallest absolute Gasteiger partial charge is 0.329 e. The minimum absolute atomic E-state index is 0.0295. The van der Waals surface area contributed by atoms with Crippen LogP contribution in [0.5, 0.6) is 17.2 Å². The van der Waals surface area contributed by atoms with E-state index in [1.165, 1.54) is 26.3 Å². The number of hydrogen-bond acceptors (Lipinski definition) is 9. The molecule has 2 aromatic rings. The van der Waals surface area contributed by atoms with Gasteiger partial charge in [-0.2, -0.15) is 0 Å². The Labute approximate surface area is 240 Å². The molecule has 0 radical (unpaired) electrons. The van der Waals surface area contributed by atoms with Crippen LogP contribution in [0, 0.1) is 11.8 Å². The SMILES string of the molecule is CCC(CC)[C@@H](Oc1ccc(Cl)cc1)[C@H](C)OC(=O)[C@@H](NC(=O)c1nccc(OC)c1OCOC(C)=O)C(C)C. The number of nitrogens with zero attached hydrogens (tertiary/aromatic N) is 1. The van der Waals surface area contributed by atoms with Gasteiger partial charge in [0.25, 0.3) is 5.91 Å². The number of halogens is 1. The van der Waals surface area contributed by atoms with Crippen LogP contribution in [0.4, 0.5) is 0 Å². The van der Waals surface area contributed by atoms with Gasteiger partial charge in [0.15, 0.2) is 17.2 Å². The molecular weight excluding hydrogens is 540 g/mol. The van der Waals surface area contributed by atoms with E-state index >= 15 is 0 Å². The third-order valence-corrected chi connectivity index (χ3v) is 6.59. The Morgan fingerprint density at radius 3 is 2.23 bits per heavy atom. The normalized spacial score (nSPS) is 13.2. The highest BCUT2D eigenvalue weighted by atomic mass is 35.5. The van der Waals surface area contributed by atoms with Crippen LogP contribution in [0.2, 0.25) is 5.02 Å². The second-order valence-electron chi connectivity index (χ2n) is 9.54. The molecule has 0 saturated carbocycles. The lowest BCUT2D eigenvalue weighted by molar-refractivity contribution is -0.158. The Balaban J connectivity index is 2.23. The molecule has 0 saturated heterocycles. The first kappa shape index (κ1) is 32.7. The van der Waals surface area contributed by atoms with Crippen LogP contribution in [0.3, 0.4) is 0 Å². The fourth-order valence-electron chi connectivity index (χ4n) is 4.09. The Hall–Kier alpha value is -3.53. The number of aromatic nitrogens is 1. The Kier molecular flexibility index (Phi) is 13.0. The summed E-state index contributed by atoms with van der Waals surface area (Å²) in [4.78, 5) is 41.9. The quantitative estimate of drug-likeness (QED) is 0.224. The summed E-state index contributed by atoms with van der Waals surface area (Å²) in [5, 5.41) is 3.30. The average Bonchev–Trinajstić information content (AvgIpc) is 2.92. The molecule has 0 aliphatic carbocycles. The number of ether oxygens (including phenoxy) is 5. The summed E-state index contributed by atoms with van der Waals surface area (Å²) < 4.78 is 27.7. The molecule has 1 heterocycles. The first-order valence-electron chi connectivity index (χ1n) is 13.2. The van der Waals surface area contributed by atoms with Gasteiger partial charge in [-0.3, -0.25) is 9.59 Å². The molecule has 3 atom stereocenters. The molecular formula is C29H39ClN2O8. The second kappa shape index (κ2) is 15.9. The number of esters is 2. The van der Waals surface area contributed by atoms with Crippen LogP contribution in [0.1, 0.15) is 64.9 Å². The molecule has 0 spiro atoms. The van der Waals surface area contributed by atoms with Crippen molar-refractivity contribution in [1.82, 2.24) is 10.3 Å². The van der Waals surface area contributed by atoms with Crippen molar-refractivity contribution >= 4 is 29.4 Å². The maximum atomic E-state index is 13.4. The Morgan fingerprint density at radius 2 is 1.68 bits per heavy atom. The average molecular weight is 579 g/mol. The van der Waals surface area contributed by atoms with Gasteiger partial charge in [-0.1, -0.05) is 39.3 Å². The van der Waals surface area contributed by atoms with Gasteiger partial charge < -0.3 is 29.0 Å². The standard InChI is InChI=1S/C29H39ClN2O8/c1-8-20(9-2)26(40-22-12-10-21(30)11-13-22)18(5)39-29(35)24(17(3)4)32-28(34)25-27(38-16-37-19(6)33)23(36-7)14-15-31-25/h10-15,17-18,20,24,26H,8-9,16H2,1-7H3,(H,32,34)/t18-,24-,26-/m0/s1. The number of benzene rings is 1. The topological polar surface area (TPSA) is 122 Å². The summed E-state index contributed by atoms with van der Waals surface area (Å²) in [7, 11) is 1.40. The lowest BCUT2D eigenvalue weighted by Gasteiger charge is -2.32. The van der Waals surface area contributed by atoms with E-state index in [2.05, 4.69) is 24.1 Å². The highest BCUT2D eigenvalue weighted by Crippen LogP contribution is 2.30. The van der Waals surface area contributed by atoms with Crippen molar-refractivity contribution in [2.75, 3.05) is 13.9 Å². The molecule has 0 aliphatic rings. The number of hydrogen-bond donors (Lipinski definition) is 1.